The molecule has 1 aliphatic rings. The summed E-state index contributed by atoms with van der Waals surface area (Å²) < 4.78 is 4.60. The van der Waals surface area contributed by atoms with Gasteiger partial charge in [-0.05, 0) is 0 Å². The molecule has 1 aliphatic heterocycles. The highest BCUT2D eigenvalue weighted by atomic mass is 28.2. The average Bonchev–Trinajstić information content (AvgIpc) is 1.69. The first kappa shape index (κ1) is 4.80. The maximum atomic E-state index is 10.2. The first-order valence-corrected chi connectivity index (χ1v) is 3.14. The van der Waals surface area contributed by atoms with Crippen molar-refractivity contribution < 1.29 is 9.22 Å². The number of carbonyl (C=O) groups is 1. The van der Waals surface area contributed by atoms with Gasteiger partial charge in [-0.15, -0.1) is 0 Å². The molecule has 0 amide bonds. The Bertz CT molecular complexity index is 77.0. The van der Waals surface area contributed by atoms with E-state index in [4.69, 9.17) is 0 Å². The van der Waals surface area contributed by atoms with Crippen molar-refractivity contribution in [3.8, 4) is 0 Å². The zero-order chi connectivity index (χ0) is 5.11. The molecular formula is C3H5NO2Si. The van der Waals surface area contributed by atoms with E-state index in [1.54, 1.807) is 0 Å². The molecule has 1 heterocycles. The molecule has 0 unspecified atom stereocenters. The molecular weight excluding hydrogens is 110 g/mol. The third kappa shape index (κ3) is 1.28. The average molecular weight is 115 g/mol. The summed E-state index contributed by atoms with van der Waals surface area (Å²) >= 11 is 0. The number of nitrogens with one attached hydrogen (secondary N) is 1. The summed E-state index contributed by atoms with van der Waals surface area (Å²) in [7, 11) is 0.321. The van der Waals surface area contributed by atoms with Crippen LogP contribution in [-0.2, 0) is 9.22 Å². The van der Waals surface area contributed by atoms with Crippen LogP contribution in [0.15, 0.2) is 0 Å². The smallest absolute Gasteiger partial charge is 0.330 e. The van der Waals surface area contributed by atoms with Crippen LogP contribution >= 0.6 is 0 Å². The molecule has 0 aliphatic carbocycles. The van der Waals surface area contributed by atoms with Crippen molar-refractivity contribution in [3.05, 3.63) is 0 Å². The van der Waals surface area contributed by atoms with Crippen molar-refractivity contribution in [1.29, 1.82) is 0 Å². The van der Waals surface area contributed by atoms with Crippen molar-refractivity contribution in [2.24, 2.45) is 0 Å². The van der Waals surface area contributed by atoms with Crippen LogP contribution < -0.4 is 5.32 Å². The van der Waals surface area contributed by atoms with Gasteiger partial charge in [-0.25, -0.2) is 0 Å². The Morgan fingerprint density at radius 2 is 2.71 bits per heavy atom. The molecule has 7 heavy (non-hydrogen) atoms. The highest BCUT2D eigenvalue weighted by molar-refractivity contribution is 6.31. The van der Waals surface area contributed by atoms with Crippen LogP contribution in [0.1, 0.15) is 0 Å². The quantitative estimate of drug-likeness (QED) is 0.399. The van der Waals surface area contributed by atoms with Crippen molar-refractivity contribution in [1.82, 2.24) is 5.32 Å². The van der Waals surface area contributed by atoms with Crippen LogP contribution in [0.5, 0.6) is 0 Å². The monoisotopic (exact) mass is 115 g/mol. The summed E-state index contributed by atoms with van der Waals surface area (Å²) in [6.45, 7) is 0.382. The van der Waals surface area contributed by atoms with E-state index in [0.717, 1.165) is 6.17 Å². The van der Waals surface area contributed by atoms with Gasteiger partial charge in [0.05, 0.1) is 6.54 Å². The van der Waals surface area contributed by atoms with E-state index in [0.29, 0.717) is 16.3 Å². The van der Waals surface area contributed by atoms with Crippen LogP contribution in [-0.4, -0.2) is 28.4 Å². The fraction of sp³-hybridized carbons (Fsp3) is 0.667. The molecule has 1 rings (SSSR count). The maximum absolute atomic E-state index is 10.2. The number of hydrogen-bond donors (Lipinski definition) is 1. The number of carbonyl (C=O) groups excluding carboxylic acids is 1. The van der Waals surface area contributed by atoms with Crippen molar-refractivity contribution >= 4 is 15.7 Å². The molecule has 38 valence electrons. The second kappa shape index (κ2) is 2.09. The van der Waals surface area contributed by atoms with E-state index in [9.17, 15) is 4.79 Å². The topological polar surface area (TPSA) is 38.3 Å². The fourth-order valence-electron chi connectivity index (χ4n) is 0.368. The fourth-order valence-corrected chi connectivity index (χ4v) is 0.901. The predicted octanol–water partition coefficient (Wildman–Crippen LogP) is -1.29. The van der Waals surface area contributed by atoms with E-state index in [1.807, 2.05) is 0 Å². The van der Waals surface area contributed by atoms with Gasteiger partial charge in [-0.3, -0.25) is 4.79 Å². The van der Waals surface area contributed by atoms with Crippen molar-refractivity contribution in [3.63, 3.8) is 0 Å². The second-order valence-electron chi connectivity index (χ2n) is 1.22. The lowest BCUT2D eigenvalue weighted by atomic mass is 10.7. The molecule has 0 aromatic rings. The summed E-state index contributed by atoms with van der Waals surface area (Å²) in [5.74, 6) is -0.135. The second-order valence-corrected chi connectivity index (χ2v) is 2.07. The van der Waals surface area contributed by atoms with Gasteiger partial charge < -0.3 is 9.74 Å². The van der Waals surface area contributed by atoms with E-state index < -0.39 is 0 Å². The molecule has 0 saturated carbocycles. The molecule has 4 heteroatoms. The van der Waals surface area contributed by atoms with Crippen LogP contribution in [0.2, 0.25) is 0 Å². The van der Waals surface area contributed by atoms with E-state index in [2.05, 4.69) is 9.74 Å². The minimum absolute atomic E-state index is 0.135. The number of hydrogen-bond acceptors (Lipinski definition) is 3. The first-order chi connectivity index (χ1) is 3.39. The zero-order valence-corrected chi connectivity index (χ0v) is 4.73. The third-order valence-corrected chi connectivity index (χ3v) is 1.42. The molecule has 0 aromatic carbocycles. The lowest BCUT2D eigenvalue weighted by Crippen LogP contribution is -2.36. The molecule has 2 radical (unpaired) electrons. The zero-order valence-electron chi connectivity index (χ0n) is 3.73. The van der Waals surface area contributed by atoms with Gasteiger partial charge >= 0.3 is 15.7 Å². The Hall–Kier alpha value is -0.353. The molecule has 3 nitrogen and oxygen atoms in total. The van der Waals surface area contributed by atoms with Crippen LogP contribution in [0, 0.1) is 0 Å². The minimum atomic E-state index is -0.135. The van der Waals surface area contributed by atoms with Gasteiger partial charge in [0.25, 0.3) is 0 Å². The normalized spacial score (nSPS) is 21.4. The van der Waals surface area contributed by atoms with E-state index in [1.165, 1.54) is 0 Å². The summed E-state index contributed by atoms with van der Waals surface area (Å²) in [6.07, 6.45) is 0.825. The molecule has 1 saturated heterocycles. The Morgan fingerprint density at radius 1 is 1.86 bits per heavy atom. The Kier molecular flexibility index (Phi) is 1.43. The van der Waals surface area contributed by atoms with Gasteiger partial charge in [-0.2, -0.15) is 0 Å². The lowest BCUT2D eigenvalue weighted by molar-refractivity contribution is -0.134. The molecule has 1 fully saturated rings. The van der Waals surface area contributed by atoms with Crippen LogP contribution in [0.3, 0.4) is 0 Å². The molecule has 0 atom stereocenters. The molecule has 1 N–H and O–H groups in total. The first-order valence-electron chi connectivity index (χ1n) is 2.03. The van der Waals surface area contributed by atoms with Gasteiger partial charge in [0.2, 0.25) is 0 Å². The largest absolute Gasteiger partial charge is 0.514 e. The highest BCUT2D eigenvalue weighted by Gasteiger charge is 2.07. The lowest BCUT2D eigenvalue weighted by Gasteiger charge is -2.08. The Balaban J connectivity index is 2.25. The molecule has 0 aromatic heterocycles. The van der Waals surface area contributed by atoms with Gasteiger partial charge in [-0.1, -0.05) is 0 Å². The summed E-state index contributed by atoms with van der Waals surface area (Å²) in [5, 5.41) is 2.87. The Morgan fingerprint density at radius 3 is 3.00 bits per heavy atom. The highest BCUT2D eigenvalue weighted by Crippen LogP contribution is 1.77. The Labute approximate surface area is 44.0 Å². The van der Waals surface area contributed by atoms with Gasteiger partial charge in [0.1, 0.15) is 0 Å². The number of rotatable bonds is 0. The summed E-state index contributed by atoms with van der Waals surface area (Å²) in [6, 6.07) is 0. The van der Waals surface area contributed by atoms with Crippen molar-refractivity contribution in [2.75, 3.05) is 12.7 Å². The standard InChI is InChI=1S/C3H5NO2Si/c5-3-1-4-2-7-6-3/h4H,1-2H2. The molecule has 0 spiro atoms. The van der Waals surface area contributed by atoms with Crippen molar-refractivity contribution in [2.45, 2.75) is 0 Å². The van der Waals surface area contributed by atoms with Gasteiger partial charge in [0, 0.05) is 6.17 Å². The SMILES string of the molecule is O=C1CNC[Si]O1. The third-order valence-electron chi connectivity index (χ3n) is 0.653. The predicted molar refractivity (Wildman–Crippen MR) is 24.7 cm³/mol. The van der Waals surface area contributed by atoms with Gasteiger partial charge in [0.15, 0.2) is 0 Å². The van der Waals surface area contributed by atoms with Crippen LogP contribution in [0.4, 0.5) is 0 Å². The maximum Gasteiger partial charge on any atom is 0.330 e. The van der Waals surface area contributed by atoms with Crippen LogP contribution in [0.25, 0.3) is 0 Å². The molecule has 0 bridgehead atoms. The summed E-state index contributed by atoms with van der Waals surface area (Å²) in [4.78, 5) is 10.2. The summed E-state index contributed by atoms with van der Waals surface area (Å²) in [5.41, 5.74) is 0. The van der Waals surface area contributed by atoms with E-state index in [-0.39, 0.29) is 5.97 Å². The minimum Gasteiger partial charge on any atom is -0.514 e. The van der Waals surface area contributed by atoms with E-state index >= 15 is 0 Å².